The Labute approximate surface area is 178 Å². The number of benzene rings is 3. The molecule has 31 heavy (non-hydrogen) atoms. The maximum absolute atomic E-state index is 11.1. The van der Waals surface area contributed by atoms with E-state index in [0.717, 1.165) is 16.8 Å². The minimum Gasteiger partial charge on any atom is -0.508 e. The van der Waals surface area contributed by atoms with Crippen molar-refractivity contribution < 1.29 is 29.6 Å². The van der Waals surface area contributed by atoms with Crippen LogP contribution in [0, 0.1) is 0 Å². The van der Waals surface area contributed by atoms with Crippen molar-refractivity contribution in [3.8, 4) is 17.2 Å². The zero-order chi connectivity index (χ0) is 22.4. The van der Waals surface area contributed by atoms with Gasteiger partial charge >= 0.3 is 5.97 Å². The van der Waals surface area contributed by atoms with Crippen LogP contribution >= 0.6 is 0 Å². The van der Waals surface area contributed by atoms with Crippen molar-refractivity contribution >= 4 is 28.7 Å². The molecule has 1 unspecified atom stereocenters. The van der Waals surface area contributed by atoms with Gasteiger partial charge in [-0.15, -0.1) is 0 Å². The second-order valence-electron chi connectivity index (χ2n) is 6.90. The van der Waals surface area contributed by atoms with Crippen molar-refractivity contribution in [3.63, 3.8) is 0 Å². The van der Waals surface area contributed by atoms with Crippen LogP contribution in [0.3, 0.4) is 0 Å². The molecule has 3 aromatic rings. The fourth-order valence-corrected chi connectivity index (χ4v) is 3.01. The van der Waals surface area contributed by atoms with Crippen LogP contribution < -0.4 is 15.8 Å². The summed E-state index contributed by atoms with van der Waals surface area (Å²) in [7, 11) is 0. The van der Waals surface area contributed by atoms with E-state index in [4.69, 9.17) is 15.6 Å². The Kier molecular flexibility index (Phi) is 6.74. The third-order valence-corrected chi connectivity index (χ3v) is 4.63. The first-order chi connectivity index (χ1) is 14.9. The molecule has 0 saturated heterocycles. The number of hydrogen-bond donors (Lipinski definition) is 5. The van der Waals surface area contributed by atoms with Crippen LogP contribution in [0.15, 0.2) is 66.4 Å². The average molecular weight is 422 g/mol. The van der Waals surface area contributed by atoms with Crippen molar-refractivity contribution in [2.24, 2.45) is 5.73 Å². The fraction of sp³-hybridized carbons (Fsp3) is 0.130. The maximum atomic E-state index is 11.1. The van der Waals surface area contributed by atoms with E-state index in [9.17, 15) is 19.8 Å². The molecule has 0 fully saturated rings. The number of aromatic hydroxyl groups is 2. The van der Waals surface area contributed by atoms with Gasteiger partial charge in [0.05, 0.1) is 11.4 Å². The minimum atomic E-state index is -1.22. The number of rotatable bonds is 9. The zero-order valence-corrected chi connectivity index (χ0v) is 16.5. The van der Waals surface area contributed by atoms with E-state index in [0.29, 0.717) is 17.7 Å². The lowest BCUT2D eigenvalue weighted by Crippen LogP contribution is -2.32. The van der Waals surface area contributed by atoms with Crippen molar-refractivity contribution in [3.05, 3.63) is 71.9 Å². The van der Waals surface area contributed by atoms with Gasteiger partial charge < -0.3 is 31.1 Å². The molecule has 0 radical (unpaired) electrons. The topological polar surface area (TPSA) is 142 Å². The van der Waals surface area contributed by atoms with E-state index in [1.54, 1.807) is 0 Å². The summed E-state index contributed by atoms with van der Waals surface area (Å²) >= 11 is 0. The summed E-state index contributed by atoms with van der Waals surface area (Å²) in [5.74, 6) is -1.19. The van der Waals surface area contributed by atoms with E-state index < -0.39 is 12.0 Å². The number of nitrogens with two attached hydrogens (primary N) is 1. The molecule has 3 aromatic carbocycles. The number of carboxylic acids is 1. The van der Waals surface area contributed by atoms with Crippen LogP contribution in [0.25, 0.3) is 10.8 Å². The van der Waals surface area contributed by atoms with Gasteiger partial charge in [-0.3, -0.25) is 9.59 Å². The van der Waals surface area contributed by atoms with E-state index in [1.807, 2.05) is 42.5 Å². The number of carboxylic acid groups (broad SMARTS) is 1. The number of anilines is 1. The second kappa shape index (κ2) is 9.64. The number of aliphatic carboxylic acids is 1. The molecule has 0 aliphatic heterocycles. The van der Waals surface area contributed by atoms with Crippen molar-refractivity contribution in [1.29, 1.82) is 0 Å². The molecule has 0 aliphatic carbocycles. The number of ether oxygens (including phenoxy) is 1. The highest BCUT2D eigenvalue weighted by atomic mass is 16.5. The number of carbonyl (C=O) groups is 2. The Morgan fingerprint density at radius 1 is 1.06 bits per heavy atom. The van der Waals surface area contributed by atoms with Gasteiger partial charge in [-0.1, -0.05) is 30.3 Å². The maximum Gasteiger partial charge on any atom is 0.320 e. The Hall–Kier alpha value is -4.04. The lowest BCUT2D eigenvalue weighted by molar-refractivity contribution is -0.138. The molecule has 8 nitrogen and oxygen atoms in total. The van der Waals surface area contributed by atoms with Crippen LogP contribution in [-0.4, -0.2) is 40.2 Å². The van der Waals surface area contributed by atoms with E-state index in [2.05, 4.69) is 5.32 Å². The first kappa shape index (κ1) is 21.7. The average Bonchev–Trinajstić information content (AvgIpc) is 2.75. The molecule has 0 heterocycles. The summed E-state index contributed by atoms with van der Waals surface area (Å²) in [6, 6.07) is 14.7. The molecule has 160 valence electrons. The summed E-state index contributed by atoms with van der Waals surface area (Å²) < 4.78 is 5.77. The zero-order valence-electron chi connectivity index (χ0n) is 16.5. The van der Waals surface area contributed by atoms with Gasteiger partial charge in [0.2, 0.25) is 0 Å². The SMILES string of the molecule is NC(Cc1cc(N/C(=C\C=O)COc2ccc3ccccc3c2)c(O)cc1O)C(=O)O. The summed E-state index contributed by atoms with van der Waals surface area (Å²) in [5, 5.41) is 34.1. The third-order valence-electron chi connectivity index (χ3n) is 4.63. The van der Waals surface area contributed by atoms with Gasteiger partial charge in [0.25, 0.3) is 0 Å². The minimum absolute atomic E-state index is 0.00136. The molecular weight excluding hydrogens is 400 g/mol. The molecule has 0 saturated carbocycles. The molecule has 0 aliphatic rings. The predicted octanol–water partition coefficient (Wildman–Crippen LogP) is 2.78. The normalized spacial score (nSPS) is 12.4. The molecular formula is C23H22N2O6. The van der Waals surface area contributed by atoms with Gasteiger partial charge in [0.15, 0.2) is 0 Å². The van der Waals surface area contributed by atoms with Crippen molar-refractivity contribution in [1.82, 2.24) is 0 Å². The molecule has 0 bridgehead atoms. The van der Waals surface area contributed by atoms with Crippen LogP contribution in [0.5, 0.6) is 17.2 Å². The second-order valence-corrected chi connectivity index (χ2v) is 6.90. The molecule has 8 heteroatoms. The van der Waals surface area contributed by atoms with Crippen LogP contribution in [0.4, 0.5) is 5.69 Å². The summed E-state index contributed by atoms with van der Waals surface area (Å²) in [4.78, 5) is 22.1. The summed E-state index contributed by atoms with van der Waals surface area (Å²) in [6.45, 7) is 0.00136. The number of phenolic OH excluding ortho intramolecular Hbond substituents is 2. The van der Waals surface area contributed by atoms with Crippen LogP contribution in [-0.2, 0) is 16.0 Å². The number of allylic oxidation sites excluding steroid dienone is 1. The van der Waals surface area contributed by atoms with Gasteiger partial charge in [-0.25, -0.2) is 0 Å². The number of nitrogens with one attached hydrogen (secondary N) is 1. The van der Waals surface area contributed by atoms with Crippen LogP contribution in [0.2, 0.25) is 0 Å². The highest BCUT2D eigenvalue weighted by molar-refractivity contribution is 5.83. The number of carbonyl (C=O) groups excluding carboxylic acids is 1. The molecule has 0 aromatic heterocycles. The predicted molar refractivity (Wildman–Crippen MR) is 116 cm³/mol. The fourth-order valence-electron chi connectivity index (χ4n) is 3.01. The smallest absolute Gasteiger partial charge is 0.320 e. The highest BCUT2D eigenvalue weighted by Gasteiger charge is 2.17. The van der Waals surface area contributed by atoms with Gasteiger partial charge in [0.1, 0.15) is 36.2 Å². The van der Waals surface area contributed by atoms with Gasteiger partial charge in [0, 0.05) is 18.6 Å². The Bertz CT molecular complexity index is 1140. The first-order valence-corrected chi connectivity index (χ1v) is 9.43. The lowest BCUT2D eigenvalue weighted by Gasteiger charge is -2.16. The largest absolute Gasteiger partial charge is 0.508 e. The Morgan fingerprint density at radius 3 is 2.52 bits per heavy atom. The molecule has 3 rings (SSSR count). The van der Waals surface area contributed by atoms with E-state index in [1.165, 1.54) is 12.1 Å². The lowest BCUT2D eigenvalue weighted by atomic mass is 10.0. The van der Waals surface area contributed by atoms with Crippen LogP contribution in [0.1, 0.15) is 5.56 Å². The standard InChI is InChI=1S/C23H22N2O6/c24-19(23(29)30)10-16-11-20(22(28)12-21(16)27)25-17(7-8-26)13-31-18-6-5-14-3-1-2-4-15(14)9-18/h1-9,11-12,19,25,27-28H,10,13,24H2,(H,29,30)/b17-7-. The quantitative estimate of drug-likeness (QED) is 0.153. The monoisotopic (exact) mass is 422 g/mol. The number of fused-ring (bicyclic) bond motifs is 1. The van der Waals surface area contributed by atoms with E-state index in [-0.39, 0.29) is 35.8 Å². The molecule has 0 spiro atoms. The summed E-state index contributed by atoms with van der Waals surface area (Å²) in [5.41, 5.74) is 6.28. The van der Waals surface area contributed by atoms with E-state index >= 15 is 0 Å². The van der Waals surface area contributed by atoms with Gasteiger partial charge in [-0.2, -0.15) is 0 Å². The number of phenols is 2. The Morgan fingerprint density at radius 2 is 1.81 bits per heavy atom. The number of hydrogen-bond acceptors (Lipinski definition) is 7. The van der Waals surface area contributed by atoms with Gasteiger partial charge in [-0.05, 0) is 34.5 Å². The highest BCUT2D eigenvalue weighted by Crippen LogP contribution is 2.33. The molecule has 1 atom stereocenters. The summed E-state index contributed by atoms with van der Waals surface area (Å²) in [6.07, 6.45) is 1.68. The van der Waals surface area contributed by atoms with Crippen molar-refractivity contribution in [2.45, 2.75) is 12.5 Å². The third kappa shape index (κ3) is 5.52. The first-order valence-electron chi connectivity index (χ1n) is 9.43. The molecule has 0 amide bonds. The molecule has 6 N–H and O–H groups in total. The number of aldehydes is 1. The Balaban J connectivity index is 1.76. The van der Waals surface area contributed by atoms with Crippen molar-refractivity contribution in [2.75, 3.05) is 11.9 Å².